The maximum absolute atomic E-state index is 3.74. The van der Waals surface area contributed by atoms with Crippen molar-refractivity contribution in [1.82, 2.24) is 0 Å². The first-order valence-corrected chi connectivity index (χ1v) is 3.00. The Morgan fingerprint density at radius 1 is 0.750 bits per heavy atom. The molecule has 0 bridgehead atoms. The fourth-order valence-corrected chi connectivity index (χ4v) is 0.530. The average molecular weight is 261 g/mol. The molecule has 0 aliphatic heterocycles. The summed E-state index contributed by atoms with van der Waals surface area (Å²) in [5, 5.41) is 0. The van der Waals surface area contributed by atoms with Crippen LogP contribution in [0.4, 0.5) is 0 Å². The van der Waals surface area contributed by atoms with Crippen LogP contribution in [0.25, 0.3) is 0 Å². The molecule has 0 aliphatic rings. The second-order valence-electron chi connectivity index (χ2n) is 1.77. The molecule has 0 atom stereocenters. The second-order valence-corrected chi connectivity index (χ2v) is 1.77. The molecule has 0 amide bonds. The van der Waals surface area contributed by atoms with E-state index in [-0.39, 0.29) is 38.2 Å². The van der Waals surface area contributed by atoms with Crippen molar-refractivity contribution in [3.8, 4) is 0 Å². The summed E-state index contributed by atoms with van der Waals surface area (Å²) >= 11 is 0. The quantitative estimate of drug-likeness (QED) is 0.538. The van der Waals surface area contributed by atoms with Crippen LogP contribution in [-0.2, 0) is 0 Å². The van der Waals surface area contributed by atoms with Crippen LogP contribution in [0.3, 0.4) is 0 Å². The van der Waals surface area contributed by atoms with Crippen LogP contribution in [0, 0.1) is 52.0 Å². The zero-order valence-electron chi connectivity index (χ0n) is 5.27. The first-order valence-electron chi connectivity index (χ1n) is 3.00. The van der Waals surface area contributed by atoms with E-state index in [0.717, 1.165) is 12.8 Å². The van der Waals surface area contributed by atoms with Gasteiger partial charge in [-0.1, -0.05) is 19.3 Å². The van der Waals surface area contributed by atoms with Crippen LogP contribution in [0.2, 0.25) is 0 Å². The van der Waals surface area contributed by atoms with Gasteiger partial charge < -0.3 is 13.8 Å². The zero-order chi connectivity index (χ0) is 5.54. The summed E-state index contributed by atoms with van der Waals surface area (Å²) in [4.78, 5) is 0. The molecule has 0 rings (SSSR count). The molecule has 0 aromatic rings. The van der Waals surface area contributed by atoms with Crippen molar-refractivity contribution in [1.29, 1.82) is 0 Å². The van der Waals surface area contributed by atoms with Gasteiger partial charge in [-0.05, 0) is 0 Å². The molecule has 0 spiro atoms. The summed E-state index contributed by atoms with van der Waals surface area (Å²) < 4.78 is 0. The molecule has 0 fully saturated rings. The zero-order valence-corrected chi connectivity index (χ0v) is 7.29. The minimum absolute atomic E-state index is 0. The van der Waals surface area contributed by atoms with Gasteiger partial charge in [-0.15, -0.1) is 0 Å². The fraction of sp³-hybridized carbons (Fsp3) is 0.714. The molecule has 0 saturated heterocycles. The van der Waals surface area contributed by atoms with Gasteiger partial charge in [0.05, 0.1) is 0 Å². The van der Waals surface area contributed by atoms with E-state index in [2.05, 4.69) is 13.8 Å². The molecule has 8 heavy (non-hydrogen) atoms. The molecule has 54 valence electrons. The van der Waals surface area contributed by atoms with Crippen LogP contribution < -0.4 is 0 Å². The Morgan fingerprint density at radius 2 is 1.12 bits per heavy atom. The Kier molecular flexibility index (Phi) is 16.7. The maximum atomic E-state index is 3.74. The summed E-state index contributed by atoms with van der Waals surface area (Å²) in [5.74, 6) is 0. The predicted octanol–water partition coefficient (Wildman–Crippen LogP) is 2.61. The van der Waals surface area contributed by atoms with Gasteiger partial charge in [0.15, 0.2) is 0 Å². The Hall–Kier alpha value is 1.27. The maximum Gasteiger partial charge on any atom is 0 e. The summed E-state index contributed by atoms with van der Waals surface area (Å²) in [6, 6.07) is 0. The number of hydrogen-bond acceptors (Lipinski definition) is 0. The van der Waals surface area contributed by atoms with Crippen LogP contribution >= 0.6 is 0 Å². The van der Waals surface area contributed by atoms with Crippen LogP contribution in [-0.4, -0.2) is 0 Å². The van der Waals surface area contributed by atoms with Crippen LogP contribution in [0.1, 0.15) is 32.1 Å². The molecule has 0 nitrogen and oxygen atoms in total. The van der Waals surface area contributed by atoms with E-state index in [4.69, 9.17) is 0 Å². The minimum atomic E-state index is 0. The van der Waals surface area contributed by atoms with E-state index >= 15 is 0 Å². The van der Waals surface area contributed by atoms with Crippen molar-refractivity contribution in [3.05, 3.63) is 13.8 Å². The van der Waals surface area contributed by atoms with E-state index in [1.54, 1.807) is 0 Å². The summed E-state index contributed by atoms with van der Waals surface area (Å²) in [5.41, 5.74) is 0. The molecular weight excluding hydrogens is 247 g/mol. The summed E-state index contributed by atoms with van der Waals surface area (Å²) in [7, 11) is 0. The predicted molar refractivity (Wildman–Crippen MR) is 33.8 cm³/mol. The molecule has 0 unspecified atom stereocenters. The Morgan fingerprint density at radius 3 is 1.38 bits per heavy atom. The summed E-state index contributed by atoms with van der Waals surface area (Å²) in [6.45, 7) is 7.47. The van der Waals surface area contributed by atoms with Crippen LogP contribution in [0.15, 0.2) is 0 Å². The number of rotatable bonds is 4. The molecule has 0 aliphatic carbocycles. The molecule has 0 aromatic carbocycles. The van der Waals surface area contributed by atoms with Crippen molar-refractivity contribution in [2.75, 3.05) is 0 Å². The van der Waals surface area contributed by atoms with Crippen molar-refractivity contribution >= 4 is 0 Å². The molecule has 0 aromatic heterocycles. The third-order valence-electron chi connectivity index (χ3n) is 1.000. The van der Waals surface area contributed by atoms with Gasteiger partial charge in [-0.2, -0.15) is 12.8 Å². The smallest absolute Gasteiger partial charge is 0 e. The third-order valence-corrected chi connectivity index (χ3v) is 1.000. The molecular formula is C7H14Dy-2. The van der Waals surface area contributed by atoms with Crippen molar-refractivity contribution in [2.24, 2.45) is 0 Å². The Balaban J connectivity index is 0. The van der Waals surface area contributed by atoms with Gasteiger partial charge >= 0.3 is 0 Å². The average Bonchev–Trinajstić information content (AvgIpc) is 1.69. The van der Waals surface area contributed by atoms with E-state index < -0.39 is 0 Å². The number of hydrogen-bond donors (Lipinski definition) is 0. The summed E-state index contributed by atoms with van der Waals surface area (Å²) in [6.07, 6.45) is 6.03. The van der Waals surface area contributed by atoms with Crippen LogP contribution in [0.5, 0.6) is 0 Å². The molecule has 0 N–H and O–H groups in total. The van der Waals surface area contributed by atoms with Gasteiger partial charge in [0, 0.05) is 38.2 Å². The van der Waals surface area contributed by atoms with Crippen molar-refractivity contribution in [2.45, 2.75) is 32.1 Å². The monoisotopic (exact) mass is 262 g/mol. The van der Waals surface area contributed by atoms with Gasteiger partial charge in [0.25, 0.3) is 0 Å². The van der Waals surface area contributed by atoms with Gasteiger partial charge in [0.1, 0.15) is 0 Å². The molecule has 0 radical (unpaired) electrons. The van der Waals surface area contributed by atoms with Crippen molar-refractivity contribution < 1.29 is 38.2 Å². The van der Waals surface area contributed by atoms with E-state index in [0.29, 0.717) is 0 Å². The van der Waals surface area contributed by atoms with Gasteiger partial charge in [-0.25, -0.2) is 0 Å². The second kappa shape index (κ2) is 11.1. The van der Waals surface area contributed by atoms with Crippen molar-refractivity contribution in [3.63, 3.8) is 0 Å². The first kappa shape index (κ1) is 12.0. The van der Waals surface area contributed by atoms with Gasteiger partial charge in [-0.3, -0.25) is 0 Å². The third kappa shape index (κ3) is 10.3. The topological polar surface area (TPSA) is 0 Å². The first-order chi connectivity index (χ1) is 3.41. The largest absolute Gasteiger partial charge is 0.343 e. The molecule has 1 heteroatoms. The van der Waals surface area contributed by atoms with E-state index in [1.165, 1.54) is 19.3 Å². The Labute approximate surface area is 83.5 Å². The normalized spacial score (nSPS) is 8.25. The van der Waals surface area contributed by atoms with E-state index in [1.807, 2.05) is 0 Å². The Bertz CT molecular complexity index is 23.6. The molecule has 0 saturated carbocycles. The van der Waals surface area contributed by atoms with Gasteiger partial charge in [0.2, 0.25) is 0 Å². The number of unbranched alkanes of at least 4 members (excludes halogenated alkanes) is 4. The minimum Gasteiger partial charge on any atom is -0.343 e. The SMILES string of the molecule is [CH2-]CCCCC[CH2-].[Dy]. The van der Waals surface area contributed by atoms with E-state index in [9.17, 15) is 0 Å². The standard InChI is InChI=1S/C7H14.Dy/c1-3-5-7-6-4-2;/h1-7H2;/q-2;. The molecule has 0 heterocycles. The fourth-order valence-electron chi connectivity index (χ4n) is 0.530.